The molecule has 0 unspecified atom stereocenters. The monoisotopic (exact) mass is 974 g/mol. The van der Waals surface area contributed by atoms with E-state index in [0.29, 0.717) is 19.4 Å². The van der Waals surface area contributed by atoms with Crippen molar-refractivity contribution in [2.75, 3.05) is 79.0 Å². The predicted octanol–water partition coefficient (Wildman–Crippen LogP) is -1.14. The maximum Gasteiger partial charge on any atom is 2.00 e. The van der Waals surface area contributed by atoms with Crippen LogP contribution in [0.4, 0.5) is 0 Å². The second-order valence-electron chi connectivity index (χ2n) is 10.4. The molecule has 1 rings (SSSR count). The molecule has 0 saturated heterocycles. The first-order valence-electron chi connectivity index (χ1n) is 14.0. The fourth-order valence-electron chi connectivity index (χ4n) is 4.45. The Kier molecular flexibility index (Phi) is 27.7. The van der Waals surface area contributed by atoms with E-state index in [9.17, 15) is 44.1 Å². The number of hydrogen-bond donors (Lipinski definition) is 6. The Morgan fingerprint density at radius 1 is 0.587 bits per heavy atom. The van der Waals surface area contributed by atoms with Crippen LogP contribution in [0, 0.1) is 93.8 Å². The van der Waals surface area contributed by atoms with E-state index in [4.69, 9.17) is 10.2 Å². The first-order valence-corrected chi connectivity index (χ1v) is 14.0. The van der Waals surface area contributed by atoms with Crippen molar-refractivity contribution in [3.05, 3.63) is 35.4 Å². The molecule has 0 aliphatic rings. The minimum Gasteiger partial charge on any atom is -0.480 e. The molecule has 0 aliphatic heterocycles. The quantitative estimate of drug-likeness (QED) is 0.0476. The Balaban J connectivity index is 0. The molecule has 0 amide bonds. The van der Waals surface area contributed by atoms with E-state index < -0.39 is 42.9 Å². The molecule has 0 fully saturated rings. The molecule has 0 bridgehead atoms. The second-order valence-corrected chi connectivity index (χ2v) is 10.4. The number of carboxylic acids is 5. The number of carboxylic acid groups (broad SMARTS) is 5. The van der Waals surface area contributed by atoms with Gasteiger partial charge in [-0.05, 0) is 31.1 Å². The molecule has 46 heavy (non-hydrogen) atoms. The van der Waals surface area contributed by atoms with Gasteiger partial charge in [0.15, 0.2) is 0 Å². The third-order valence-electron chi connectivity index (χ3n) is 6.39. The molecule has 0 aromatic heterocycles. The topological polar surface area (TPSA) is 233 Å². The third kappa shape index (κ3) is 24.3. The largest absolute Gasteiger partial charge is 2.00 e. The Morgan fingerprint density at radius 2 is 0.891 bits per heavy atom. The van der Waals surface area contributed by atoms with Crippen molar-refractivity contribution in [2.45, 2.75) is 25.9 Å². The van der Waals surface area contributed by atoms with Crippen molar-refractivity contribution < 1.29 is 148 Å². The number of nitrogens with zero attached hydrogens (tertiary/aromatic N) is 4. The van der Waals surface area contributed by atoms with Gasteiger partial charge in [0.2, 0.25) is 0 Å². The molecular formula is C28H44N5O11Yb2+5. The molecule has 1 aromatic carbocycles. The summed E-state index contributed by atoms with van der Waals surface area (Å²) in [5.41, 5.74) is 1.50. The smallest absolute Gasteiger partial charge is 0.480 e. The van der Waals surface area contributed by atoms with Crippen LogP contribution in [0.1, 0.15) is 24.0 Å². The second kappa shape index (κ2) is 27.0. The summed E-state index contributed by atoms with van der Waals surface area (Å²) in [6, 6.07) is 7.04. The van der Waals surface area contributed by atoms with Gasteiger partial charge < -0.3 is 30.8 Å². The normalized spacial score (nSPS) is 10.9. The first kappa shape index (κ1) is 47.2. The van der Waals surface area contributed by atoms with Gasteiger partial charge in [0.25, 0.3) is 0 Å². The summed E-state index contributed by atoms with van der Waals surface area (Å²) >= 11 is 0. The molecule has 0 heterocycles. The minimum atomic E-state index is -1.20. The molecule has 0 spiro atoms. The van der Waals surface area contributed by atoms with Gasteiger partial charge in [-0.15, -0.1) is 0 Å². The zero-order chi connectivity index (χ0) is 33.1. The van der Waals surface area contributed by atoms with Crippen LogP contribution in [-0.4, -0.2) is 165 Å². The Labute approximate surface area is 344 Å². The van der Waals surface area contributed by atoms with Gasteiger partial charge in [-0.25, -0.2) is 0 Å². The molecule has 7 N–H and O–H groups in total. The minimum absolute atomic E-state index is 0. The summed E-state index contributed by atoms with van der Waals surface area (Å²) in [5, 5.41) is 49.1. The molecule has 270 valence electrons. The van der Waals surface area contributed by atoms with Gasteiger partial charge in [-0.3, -0.25) is 48.4 Å². The number of aliphatic carboxylic acids is 5. The van der Waals surface area contributed by atoms with Crippen LogP contribution in [0.5, 0.6) is 0 Å². The summed E-state index contributed by atoms with van der Waals surface area (Å²) < 4.78 is 0. The van der Waals surface area contributed by atoms with E-state index in [2.05, 4.69) is 5.32 Å². The number of hydrogen-bond acceptors (Lipinski definition) is 10. The van der Waals surface area contributed by atoms with Crippen molar-refractivity contribution in [1.29, 1.82) is 0 Å². The van der Waals surface area contributed by atoms with Crippen molar-refractivity contribution in [3.8, 4) is 0 Å². The van der Waals surface area contributed by atoms with Gasteiger partial charge >= 0.3 is 129 Å². The average molecular weight is 973 g/mol. The maximum absolute atomic E-state index is 11.5. The summed E-state index contributed by atoms with van der Waals surface area (Å²) in [4.78, 5) is 72.5. The van der Waals surface area contributed by atoms with Gasteiger partial charge in [0.05, 0.1) is 39.1 Å². The van der Waals surface area contributed by atoms with Gasteiger partial charge in [-0.1, -0.05) is 24.3 Å². The van der Waals surface area contributed by atoms with Crippen LogP contribution in [0.15, 0.2) is 24.3 Å². The van der Waals surface area contributed by atoms with Crippen LogP contribution in [0.3, 0.4) is 0 Å². The predicted molar refractivity (Wildman–Crippen MR) is 158 cm³/mol. The standard InChI is InChI=1S/C28H43N5O11.2Yb/c1-29-8-2-3-23(34)15-32(18-26(39)40)11-9-30(16-24(35)36)13-21-4-6-22(7-5-21)14-31(17-25(37)38)10-12-33(19-27(41)42)20-28(43)44;;/h4-7,29H,2-3,8-20H2,1H3,(H,35,36)(H,37,38)(H,39,40)(H,41,42)(H,43,44);;/q;2*+2/p+1. The maximum atomic E-state index is 11.5. The summed E-state index contributed by atoms with van der Waals surface area (Å²) in [6.07, 6.45) is 1.10. The van der Waals surface area contributed by atoms with Crippen LogP contribution in [0.2, 0.25) is 0 Å². The Hall–Kier alpha value is -0.921. The zero-order valence-electron chi connectivity index (χ0n) is 25.5. The van der Waals surface area contributed by atoms with Crippen LogP contribution in [0.25, 0.3) is 0 Å². The molecule has 16 nitrogen and oxygen atoms in total. The van der Waals surface area contributed by atoms with E-state index in [0.717, 1.165) is 11.1 Å². The number of benzene rings is 1. The molecule has 0 saturated carbocycles. The SMILES string of the molecule is CNCCCC(=[OH+])CN(CCN(CC(=O)O)Cc1ccc(CN(CCN(CC(=O)O)CC(=O)O)CC(=O)O)cc1)CC(=O)O.[Yb+2].[Yb+2]. The van der Waals surface area contributed by atoms with Gasteiger partial charge in [-0.2, -0.15) is 0 Å². The molecule has 0 radical (unpaired) electrons. The van der Waals surface area contributed by atoms with Gasteiger partial charge in [0.1, 0.15) is 6.54 Å². The Morgan fingerprint density at radius 3 is 1.22 bits per heavy atom. The van der Waals surface area contributed by atoms with E-state index in [1.54, 1.807) is 46.0 Å². The Bertz CT molecular complexity index is 1100. The van der Waals surface area contributed by atoms with Crippen molar-refractivity contribution >= 4 is 35.6 Å². The van der Waals surface area contributed by atoms with Crippen LogP contribution < -0.4 is 5.32 Å². The fourth-order valence-corrected chi connectivity index (χ4v) is 4.45. The van der Waals surface area contributed by atoms with E-state index in [-0.39, 0.29) is 165 Å². The van der Waals surface area contributed by atoms with E-state index in [1.807, 2.05) is 0 Å². The summed E-state index contributed by atoms with van der Waals surface area (Å²) in [5.74, 6) is -5.48. The molecule has 0 aliphatic carbocycles. The van der Waals surface area contributed by atoms with Crippen molar-refractivity contribution in [1.82, 2.24) is 24.9 Å². The molecule has 1 aromatic rings. The third-order valence-corrected chi connectivity index (χ3v) is 6.39. The van der Waals surface area contributed by atoms with E-state index >= 15 is 0 Å². The average Bonchev–Trinajstić information content (AvgIpc) is 2.89. The number of nitrogens with one attached hydrogen (secondary N) is 1. The van der Waals surface area contributed by atoms with Crippen LogP contribution >= 0.6 is 0 Å². The van der Waals surface area contributed by atoms with Crippen LogP contribution in [-0.2, 0) is 37.1 Å². The number of carbonyl (C=O) groups excluding carboxylic acids is 1. The fraction of sp³-hybridized carbons (Fsp3) is 0.571. The molecular weight excluding hydrogens is 928 g/mol. The zero-order valence-corrected chi connectivity index (χ0v) is 28.9. The van der Waals surface area contributed by atoms with E-state index in [1.165, 1.54) is 4.90 Å². The molecule has 18 heteroatoms. The summed E-state index contributed by atoms with van der Waals surface area (Å²) in [6.45, 7) is -0.212. The number of rotatable bonds is 26. The van der Waals surface area contributed by atoms with Gasteiger partial charge in [0, 0.05) is 39.3 Å². The van der Waals surface area contributed by atoms with Crippen molar-refractivity contribution in [3.63, 3.8) is 0 Å². The summed E-state index contributed by atoms with van der Waals surface area (Å²) in [7, 11) is 1.79. The first-order chi connectivity index (χ1) is 20.8. The molecule has 0 atom stereocenters. The van der Waals surface area contributed by atoms with Crippen molar-refractivity contribution in [2.24, 2.45) is 0 Å². The number of ketones is 1. The number of carbonyl (C=O) groups is 5.